The van der Waals surface area contributed by atoms with Crippen LogP contribution in [-0.2, 0) is 14.3 Å². The summed E-state index contributed by atoms with van der Waals surface area (Å²) in [6.45, 7) is 7.40. The molecule has 4 aliphatic heterocycles. The van der Waals surface area contributed by atoms with Crippen LogP contribution in [0.5, 0.6) is 0 Å². The first kappa shape index (κ1) is 17.3. The maximum atomic E-state index is 12.3. The Morgan fingerprint density at radius 3 is 2.70 bits per heavy atom. The van der Waals surface area contributed by atoms with Gasteiger partial charge in [-0.3, -0.25) is 9.69 Å². The zero-order valence-corrected chi connectivity index (χ0v) is 17.4. The van der Waals surface area contributed by atoms with Crippen LogP contribution in [0.1, 0.15) is 78.6 Å². The zero-order chi connectivity index (χ0) is 18.8. The summed E-state index contributed by atoms with van der Waals surface area (Å²) in [4.78, 5) is 15.2. The summed E-state index contributed by atoms with van der Waals surface area (Å²) in [5.41, 5.74) is 0.396. The molecule has 0 aromatic rings. The molecular weight excluding hydrogens is 338 g/mol. The molecular formula is C23H35NO3. The molecule has 0 amide bonds. The highest BCUT2D eigenvalue weighted by atomic mass is 16.6. The van der Waals surface area contributed by atoms with E-state index in [4.69, 9.17) is 9.47 Å². The second-order valence-electron chi connectivity index (χ2n) is 11.1. The Morgan fingerprint density at radius 1 is 1.19 bits per heavy atom. The topological polar surface area (TPSA) is 38.8 Å². The lowest BCUT2D eigenvalue weighted by molar-refractivity contribution is -0.207. The molecule has 0 aromatic carbocycles. The van der Waals surface area contributed by atoms with Crippen molar-refractivity contribution >= 4 is 5.97 Å². The van der Waals surface area contributed by atoms with E-state index in [1.54, 1.807) is 0 Å². The van der Waals surface area contributed by atoms with Gasteiger partial charge < -0.3 is 9.47 Å². The number of hydrogen-bond acceptors (Lipinski definition) is 4. The Labute approximate surface area is 163 Å². The average Bonchev–Trinajstić information content (AvgIpc) is 3.35. The number of methoxy groups -OCH3 is 1. The summed E-state index contributed by atoms with van der Waals surface area (Å²) in [5, 5.41) is 0. The average molecular weight is 374 g/mol. The molecule has 2 unspecified atom stereocenters. The van der Waals surface area contributed by atoms with E-state index in [9.17, 15) is 4.79 Å². The molecule has 2 aliphatic carbocycles. The van der Waals surface area contributed by atoms with Gasteiger partial charge in [0.15, 0.2) is 0 Å². The fourth-order valence-electron chi connectivity index (χ4n) is 10.1. The summed E-state index contributed by atoms with van der Waals surface area (Å²) in [6.07, 6.45) is 10.6. The molecule has 2 spiro atoms. The van der Waals surface area contributed by atoms with Crippen LogP contribution < -0.4 is 0 Å². The van der Waals surface area contributed by atoms with Gasteiger partial charge >= 0.3 is 5.97 Å². The number of piperidine rings is 1. The molecule has 0 radical (unpaired) electrons. The summed E-state index contributed by atoms with van der Waals surface area (Å²) in [7, 11) is 1.54. The van der Waals surface area contributed by atoms with Crippen molar-refractivity contribution in [2.75, 3.05) is 7.11 Å². The number of nitrogens with zero attached hydrogens (tertiary/aromatic N) is 1. The predicted molar refractivity (Wildman–Crippen MR) is 102 cm³/mol. The lowest BCUT2D eigenvalue weighted by Crippen LogP contribution is -2.66. The standard InChI is InChI=1S/C23H35NO3/c1-14(2)15-9-12-20(3)17-7-8-18-21-11-5-6-16(21)22(20,13-10-19(25)26-4)23(15,27-21)24(17)18/h14-18H,5-13H2,1-4H3/t15-,16-,17?,18?,20+,21+,22-,23-/m1/s1. The molecule has 4 saturated heterocycles. The van der Waals surface area contributed by atoms with Gasteiger partial charge in [-0.05, 0) is 62.2 Å². The Bertz CT molecular complexity index is 708. The first-order valence-electron chi connectivity index (χ1n) is 11.4. The highest BCUT2D eigenvalue weighted by molar-refractivity contribution is 5.69. The molecule has 6 aliphatic rings. The first-order valence-corrected chi connectivity index (χ1v) is 11.4. The minimum atomic E-state index is -0.112. The third-order valence-electron chi connectivity index (χ3n) is 10.6. The van der Waals surface area contributed by atoms with Crippen LogP contribution in [0.2, 0.25) is 0 Å². The maximum absolute atomic E-state index is 12.3. The summed E-state index contributed by atoms with van der Waals surface area (Å²) in [6, 6.07) is 1.30. The lowest BCUT2D eigenvalue weighted by Gasteiger charge is -2.60. The second-order valence-corrected chi connectivity index (χ2v) is 11.1. The van der Waals surface area contributed by atoms with Crippen molar-refractivity contribution in [3.05, 3.63) is 0 Å². The minimum absolute atomic E-state index is 0.0398. The molecule has 0 aromatic heterocycles. The third kappa shape index (κ3) is 1.46. The van der Waals surface area contributed by atoms with Crippen molar-refractivity contribution in [1.82, 2.24) is 4.90 Å². The fourth-order valence-corrected chi connectivity index (χ4v) is 10.1. The van der Waals surface area contributed by atoms with Gasteiger partial charge in [0.2, 0.25) is 0 Å². The van der Waals surface area contributed by atoms with Crippen molar-refractivity contribution in [3.63, 3.8) is 0 Å². The van der Waals surface area contributed by atoms with Crippen molar-refractivity contribution in [3.8, 4) is 0 Å². The van der Waals surface area contributed by atoms with E-state index in [0.717, 1.165) is 6.42 Å². The SMILES string of the molecule is COC(=O)CC[C@]12[C@@H]3CCC[C@]34O[C@]13[C@@H](C(C)C)CC[C@@]2(C)C1CCC4N13. The van der Waals surface area contributed by atoms with Crippen LogP contribution in [0.4, 0.5) is 0 Å². The van der Waals surface area contributed by atoms with E-state index in [-0.39, 0.29) is 28.1 Å². The highest BCUT2D eigenvalue weighted by Crippen LogP contribution is 2.87. The van der Waals surface area contributed by atoms with E-state index < -0.39 is 0 Å². The van der Waals surface area contributed by atoms with Crippen LogP contribution in [0, 0.1) is 28.6 Å². The van der Waals surface area contributed by atoms with E-state index in [0.29, 0.717) is 36.3 Å². The number of hydrogen-bond donors (Lipinski definition) is 0. The molecule has 4 heteroatoms. The van der Waals surface area contributed by atoms with E-state index >= 15 is 0 Å². The second kappa shape index (κ2) is 4.92. The maximum Gasteiger partial charge on any atom is 0.305 e. The molecule has 0 N–H and O–H groups in total. The van der Waals surface area contributed by atoms with Gasteiger partial charge in [-0.1, -0.05) is 27.2 Å². The molecule has 150 valence electrons. The molecule has 6 rings (SSSR count). The van der Waals surface area contributed by atoms with Crippen LogP contribution in [-0.4, -0.2) is 41.4 Å². The molecule has 8 atom stereocenters. The van der Waals surface area contributed by atoms with Gasteiger partial charge in [-0.25, -0.2) is 0 Å². The van der Waals surface area contributed by atoms with Gasteiger partial charge in [0.05, 0.1) is 12.7 Å². The Hall–Kier alpha value is -0.610. The number of rotatable bonds is 4. The normalized spacial score (nSPS) is 56.9. The Balaban J connectivity index is 1.59. The highest BCUT2D eigenvalue weighted by Gasteiger charge is 2.93. The van der Waals surface area contributed by atoms with E-state index in [2.05, 4.69) is 25.7 Å². The third-order valence-corrected chi connectivity index (χ3v) is 10.6. The van der Waals surface area contributed by atoms with E-state index in [1.165, 1.54) is 52.1 Å². The molecule has 27 heavy (non-hydrogen) atoms. The molecule has 3 bridgehead atoms. The number of fused-ring (bicyclic) bond motifs is 1. The summed E-state index contributed by atoms with van der Waals surface area (Å²) >= 11 is 0. The number of carbonyl (C=O) groups is 1. The molecule has 6 fully saturated rings. The quantitative estimate of drug-likeness (QED) is 0.695. The first-order chi connectivity index (χ1) is 12.9. The number of ether oxygens (including phenoxy) is 2. The number of esters is 1. The monoisotopic (exact) mass is 373 g/mol. The van der Waals surface area contributed by atoms with Crippen molar-refractivity contribution in [1.29, 1.82) is 0 Å². The predicted octanol–water partition coefficient (Wildman–Crippen LogP) is 4.12. The van der Waals surface area contributed by atoms with Crippen LogP contribution in [0.15, 0.2) is 0 Å². The zero-order valence-electron chi connectivity index (χ0n) is 17.4. The largest absolute Gasteiger partial charge is 0.469 e. The van der Waals surface area contributed by atoms with Crippen LogP contribution >= 0.6 is 0 Å². The summed E-state index contributed by atoms with van der Waals surface area (Å²) in [5.74, 6) is 1.83. The Kier molecular flexibility index (Phi) is 3.15. The minimum Gasteiger partial charge on any atom is -0.469 e. The van der Waals surface area contributed by atoms with Crippen molar-refractivity contribution < 1.29 is 14.3 Å². The van der Waals surface area contributed by atoms with Gasteiger partial charge in [-0.15, -0.1) is 0 Å². The molecule has 4 nitrogen and oxygen atoms in total. The fraction of sp³-hybridized carbons (Fsp3) is 0.957. The van der Waals surface area contributed by atoms with Crippen molar-refractivity contribution in [2.45, 2.75) is 102 Å². The van der Waals surface area contributed by atoms with Gasteiger partial charge in [-0.2, -0.15) is 0 Å². The van der Waals surface area contributed by atoms with Gasteiger partial charge in [0, 0.05) is 29.8 Å². The number of carbonyl (C=O) groups excluding carboxylic acids is 1. The Morgan fingerprint density at radius 2 is 1.96 bits per heavy atom. The van der Waals surface area contributed by atoms with E-state index in [1.807, 2.05) is 0 Å². The smallest absolute Gasteiger partial charge is 0.305 e. The lowest BCUT2D eigenvalue weighted by atomic mass is 9.43. The van der Waals surface area contributed by atoms with Gasteiger partial charge in [0.1, 0.15) is 5.72 Å². The molecule has 4 heterocycles. The van der Waals surface area contributed by atoms with Crippen molar-refractivity contribution in [2.24, 2.45) is 28.6 Å². The molecule has 2 saturated carbocycles. The van der Waals surface area contributed by atoms with Crippen LogP contribution in [0.3, 0.4) is 0 Å². The summed E-state index contributed by atoms with van der Waals surface area (Å²) < 4.78 is 12.5. The van der Waals surface area contributed by atoms with Gasteiger partial charge in [0.25, 0.3) is 0 Å². The van der Waals surface area contributed by atoms with Crippen LogP contribution in [0.25, 0.3) is 0 Å².